The zero-order valence-electron chi connectivity index (χ0n) is 9.98. The second kappa shape index (κ2) is 4.73. The Morgan fingerprint density at radius 1 is 1.41 bits per heavy atom. The van der Waals surface area contributed by atoms with Crippen LogP contribution >= 0.6 is 0 Å². The third kappa shape index (κ3) is 2.12. The van der Waals surface area contributed by atoms with Gasteiger partial charge in [-0.2, -0.15) is 0 Å². The summed E-state index contributed by atoms with van der Waals surface area (Å²) in [6, 6.07) is 3.54. The first-order valence-corrected chi connectivity index (χ1v) is 5.93. The van der Waals surface area contributed by atoms with Gasteiger partial charge in [0.1, 0.15) is 0 Å². The molecule has 1 aromatic heterocycles. The van der Waals surface area contributed by atoms with E-state index in [0.717, 1.165) is 24.8 Å². The topological polar surface area (TPSA) is 59.4 Å². The Labute approximate surface area is 101 Å². The Hall–Kier alpha value is -1.58. The fourth-order valence-electron chi connectivity index (χ4n) is 2.60. The van der Waals surface area contributed by atoms with Gasteiger partial charge < -0.3 is 9.84 Å². The third-order valence-corrected chi connectivity index (χ3v) is 3.61. The number of aromatic nitrogens is 1. The molecule has 92 valence electrons. The Bertz CT molecular complexity index is 411. The molecule has 2 rings (SSSR count). The average molecular weight is 235 g/mol. The molecular weight excluding hydrogens is 218 g/mol. The average Bonchev–Trinajstić information content (AvgIpc) is 2.39. The summed E-state index contributed by atoms with van der Waals surface area (Å²) in [5.74, 6) is -0.251. The number of pyridine rings is 1. The van der Waals surface area contributed by atoms with E-state index in [0.29, 0.717) is 18.7 Å². The van der Waals surface area contributed by atoms with Gasteiger partial charge in [0.25, 0.3) is 0 Å². The quantitative estimate of drug-likeness (QED) is 0.873. The van der Waals surface area contributed by atoms with Crippen molar-refractivity contribution in [2.24, 2.45) is 0 Å². The number of carboxylic acids is 1. The number of nitrogens with zero attached hydrogens (tertiary/aromatic N) is 1. The van der Waals surface area contributed by atoms with Crippen LogP contribution in [0.1, 0.15) is 37.7 Å². The molecule has 0 saturated heterocycles. The summed E-state index contributed by atoms with van der Waals surface area (Å²) < 4.78 is 5.07. The first-order chi connectivity index (χ1) is 8.19. The molecule has 0 radical (unpaired) electrons. The number of methoxy groups -OCH3 is 1. The Morgan fingerprint density at radius 2 is 2.12 bits per heavy atom. The molecule has 0 amide bonds. The molecule has 0 bridgehead atoms. The highest BCUT2D eigenvalue weighted by molar-refractivity contribution is 5.81. The lowest BCUT2D eigenvalue weighted by Crippen LogP contribution is -2.37. The van der Waals surface area contributed by atoms with Crippen LogP contribution in [0.2, 0.25) is 0 Å². The van der Waals surface area contributed by atoms with Crippen LogP contribution in [0.4, 0.5) is 0 Å². The SMILES string of the molecule is COc1cc(C2(C(=O)O)CCCCC2)ccn1. The molecule has 0 aromatic carbocycles. The van der Waals surface area contributed by atoms with Crippen LogP contribution in [0.15, 0.2) is 18.3 Å². The summed E-state index contributed by atoms with van der Waals surface area (Å²) in [6.07, 6.45) is 6.09. The van der Waals surface area contributed by atoms with Gasteiger partial charge in [-0.15, -0.1) is 0 Å². The highest BCUT2D eigenvalue weighted by Gasteiger charge is 2.41. The summed E-state index contributed by atoms with van der Waals surface area (Å²) in [4.78, 5) is 15.6. The van der Waals surface area contributed by atoms with Crippen LogP contribution in [0.3, 0.4) is 0 Å². The van der Waals surface area contributed by atoms with E-state index in [4.69, 9.17) is 4.74 Å². The fourth-order valence-corrected chi connectivity index (χ4v) is 2.60. The summed E-state index contributed by atoms with van der Waals surface area (Å²) in [5, 5.41) is 9.54. The van der Waals surface area contributed by atoms with Crippen molar-refractivity contribution in [2.45, 2.75) is 37.5 Å². The first kappa shape index (κ1) is 11.9. The molecule has 1 fully saturated rings. The molecule has 0 spiro atoms. The van der Waals surface area contributed by atoms with Crippen molar-refractivity contribution in [1.82, 2.24) is 4.98 Å². The molecule has 1 saturated carbocycles. The van der Waals surface area contributed by atoms with Gasteiger partial charge in [-0.3, -0.25) is 4.79 Å². The van der Waals surface area contributed by atoms with E-state index in [1.165, 1.54) is 0 Å². The Balaban J connectivity index is 2.41. The van der Waals surface area contributed by atoms with Crippen molar-refractivity contribution in [3.63, 3.8) is 0 Å². The molecule has 0 unspecified atom stereocenters. The number of carbonyl (C=O) groups is 1. The molecular formula is C13H17NO3. The Morgan fingerprint density at radius 3 is 2.71 bits per heavy atom. The lowest BCUT2D eigenvalue weighted by atomic mass is 9.69. The normalized spacial score (nSPS) is 18.6. The second-order valence-electron chi connectivity index (χ2n) is 4.53. The third-order valence-electron chi connectivity index (χ3n) is 3.61. The van der Waals surface area contributed by atoms with E-state index in [2.05, 4.69) is 4.98 Å². The zero-order valence-corrected chi connectivity index (χ0v) is 9.98. The van der Waals surface area contributed by atoms with E-state index >= 15 is 0 Å². The zero-order chi connectivity index (χ0) is 12.3. The lowest BCUT2D eigenvalue weighted by molar-refractivity contribution is -0.145. The summed E-state index contributed by atoms with van der Waals surface area (Å²) >= 11 is 0. The van der Waals surface area contributed by atoms with Gasteiger partial charge in [0.2, 0.25) is 5.88 Å². The Kier molecular flexibility index (Phi) is 3.31. The number of hydrogen-bond acceptors (Lipinski definition) is 3. The van der Waals surface area contributed by atoms with Crippen molar-refractivity contribution in [3.8, 4) is 5.88 Å². The van der Waals surface area contributed by atoms with Gasteiger partial charge in [-0.05, 0) is 24.5 Å². The molecule has 1 heterocycles. The van der Waals surface area contributed by atoms with E-state index in [1.807, 2.05) is 0 Å². The number of rotatable bonds is 3. The lowest BCUT2D eigenvalue weighted by Gasteiger charge is -2.33. The van der Waals surface area contributed by atoms with Gasteiger partial charge >= 0.3 is 5.97 Å². The van der Waals surface area contributed by atoms with Gasteiger partial charge in [-0.25, -0.2) is 4.98 Å². The summed E-state index contributed by atoms with van der Waals surface area (Å²) in [7, 11) is 1.54. The summed E-state index contributed by atoms with van der Waals surface area (Å²) in [5.41, 5.74) is 0.0747. The number of aliphatic carboxylic acids is 1. The van der Waals surface area contributed by atoms with Crippen molar-refractivity contribution in [2.75, 3.05) is 7.11 Å². The molecule has 0 atom stereocenters. The molecule has 1 aliphatic rings. The first-order valence-electron chi connectivity index (χ1n) is 5.93. The largest absolute Gasteiger partial charge is 0.481 e. The molecule has 4 heteroatoms. The maximum Gasteiger partial charge on any atom is 0.314 e. The maximum absolute atomic E-state index is 11.6. The monoisotopic (exact) mass is 235 g/mol. The number of carboxylic acid groups (broad SMARTS) is 1. The number of hydrogen-bond donors (Lipinski definition) is 1. The highest BCUT2D eigenvalue weighted by atomic mass is 16.5. The maximum atomic E-state index is 11.6. The highest BCUT2D eigenvalue weighted by Crippen LogP contribution is 2.40. The van der Waals surface area contributed by atoms with Crippen molar-refractivity contribution in [3.05, 3.63) is 23.9 Å². The number of ether oxygens (including phenoxy) is 1. The van der Waals surface area contributed by atoms with Crippen LogP contribution in [0.25, 0.3) is 0 Å². The molecule has 1 aliphatic carbocycles. The summed E-state index contributed by atoms with van der Waals surface area (Å²) in [6.45, 7) is 0. The van der Waals surface area contributed by atoms with Crippen molar-refractivity contribution in [1.29, 1.82) is 0 Å². The van der Waals surface area contributed by atoms with Gasteiger partial charge in [0.15, 0.2) is 0 Å². The van der Waals surface area contributed by atoms with E-state index in [9.17, 15) is 9.90 Å². The standard InChI is InChI=1S/C13H17NO3/c1-17-11-9-10(5-8-14-11)13(12(15)16)6-3-2-4-7-13/h5,8-9H,2-4,6-7H2,1H3,(H,15,16). The van der Waals surface area contributed by atoms with E-state index in [-0.39, 0.29) is 0 Å². The van der Waals surface area contributed by atoms with Crippen LogP contribution in [0, 0.1) is 0 Å². The predicted octanol–water partition coefficient (Wildman–Crippen LogP) is 2.38. The molecule has 17 heavy (non-hydrogen) atoms. The van der Waals surface area contributed by atoms with Crippen molar-refractivity contribution >= 4 is 5.97 Å². The van der Waals surface area contributed by atoms with Crippen LogP contribution < -0.4 is 4.74 Å². The van der Waals surface area contributed by atoms with Crippen molar-refractivity contribution < 1.29 is 14.6 Å². The van der Waals surface area contributed by atoms with Gasteiger partial charge in [0, 0.05) is 12.3 Å². The van der Waals surface area contributed by atoms with Gasteiger partial charge in [0.05, 0.1) is 12.5 Å². The molecule has 0 aliphatic heterocycles. The van der Waals surface area contributed by atoms with E-state index in [1.54, 1.807) is 25.4 Å². The second-order valence-corrected chi connectivity index (χ2v) is 4.53. The van der Waals surface area contributed by atoms with Crippen LogP contribution in [0.5, 0.6) is 5.88 Å². The predicted molar refractivity (Wildman–Crippen MR) is 63.2 cm³/mol. The smallest absolute Gasteiger partial charge is 0.314 e. The van der Waals surface area contributed by atoms with Gasteiger partial charge in [-0.1, -0.05) is 19.3 Å². The minimum absolute atomic E-state index is 0.480. The minimum atomic E-state index is -0.742. The molecule has 1 N–H and O–H groups in total. The molecule has 4 nitrogen and oxygen atoms in total. The molecule has 1 aromatic rings. The van der Waals surface area contributed by atoms with Crippen LogP contribution in [-0.2, 0) is 10.2 Å². The minimum Gasteiger partial charge on any atom is -0.481 e. The fraction of sp³-hybridized carbons (Fsp3) is 0.538. The van der Waals surface area contributed by atoms with Crippen LogP contribution in [-0.4, -0.2) is 23.2 Å². The van der Waals surface area contributed by atoms with E-state index < -0.39 is 11.4 Å².